The Labute approximate surface area is 172 Å². The summed E-state index contributed by atoms with van der Waals surface area (Å²) in [6, 6.07) is 4.48. The molecule has 2 aromatic heterocycles. The number of benzene rings is 1. The van der Waals surface area contributed by atoms with E-state index in [2.05, 4.69) is 15.3 Å². The van der Waals surface area contributed by atoms with E-state index >= 15 is 0 Å². The maximum Gasteiger partial charge on any atom is 0.416 e. The van der Waals surface area contributed by atoms with E-state index in [0.717, 1.165) is 12.1 Å². The summed E-state index contributed by atoms with van der Waals surface area (Å²) in [5, 5.41) is 2.92. The monoisotopic (exact) mass is 420 g/mol. The van der Waals surface area contributed by atoms with E-state index in [1.54, 1.807) is 17.6 Å². The number of nitrogens with zero attached hydrogens (tertiary/aromatic N) is 3. The molecule has 3 aromatic rings. The van der Waals surface area contributed by atoms with Gasteiger partial charge in [-0.3, -0.25) is 4.79 Å². The Balaban J connectivity index is 1.97. The molecule has 9 heteroatoms. The molecule has 0 radical (unpaired) electrons. The first-order valence-electron chi connectivity index (χ1n) is 9.31. The van der Waals surface area contributed by atoms with E-state index in [0.29, 0.717) is 22.3 Å². The largest absolute Gasteiger partial charge is 0.496 e. The van der Waals surface area contributed by atoms with Crippen LogP contribution in [0, 0.1) is 0 Å². The van der Waals surface area contributed by atoms with Crippen molar-refractivity contribution >= 4 is 17.1 Å². The summed E-state index contributed by atoms with van der Waals surface area (Å²) in [5.74, 6) is -0.0829. The molecule has 3 rings (SSSR count). The van der Waals surface area contributed by atoms with Crippen LogP contribution < -0.4 is 10.1 Å². The van der Waals surface area contributed by atoms with Crippen molar-refractivity contribution in [1.82, 2.24) is 19.9 Å². The van der Waals surface area contributed by atoms with Crippen LogP contribution >= 0.6 is 0 Å². The van der Waals surface area contributed by atoms with Gasteiger partial charge in [0.2, 0.25) is 5.91 Å². The topological polar surface area (TPSA) is 69.0 Å². The fraction of sp³-hybridized carbons (Fsp3) is 0.381. The molecule has 1 aromatic carbocycles. The zero-order chi connectivity index (χ0) is 22.3. The summed E-state index contributed by atoms with van der Waals surface area (Å²) in [6.07, 6.45) is -1.41. The third kappa shape index (κ3) is 4.39. The number of hydrogen-bond acceptors (Lipinski definition) is 4. The summed E-state index contributed by atoms with van der Waals surface area (Å²) < 4.78 is 45.8. The summed E-state index contributed by atoms with van der Waals surface area (Å²) in [4.78, 5) is 21.2. The van der Waals surface area contributed by atoms with E-state index in [-0.39, 0.29) is 17.2 Å². The number of carbonyl (C=O) groups is 1. The maximum atomic E-state index is 13.0. The average Bonchev–Trinajstić information content (AvgIpc) is 3.07. The summed E-state index contributed by atoms with van der Waals surface area (Å²) in [5.41, 5.74) is 0.880. The van der Waals surface area contributed by atoms with Crippen LogP contribution in [0.15, 0.2) is 36.8 Å². The molecule has 160 valence electrons. The van der Waals surface area contributed by atoms with Gasteiger partial charge in [0.15, 0.2) is 5.65 Å². The van der Waals surface area contributed by atoms with Gasteiger partial charge in [0.1, 0.15) is 17.3 Å². The van der Waals surface area contributed by atoms with Crippen molar-refractivity contribution in [1.29, 1.82) is 0 Å². The Hall–Kier alpha value is -3.10. The minimum Gasteiger partial charge on any atom is -0.496 e. The number of hydrogen-bond donors (Lipinski definition) is 1. The SMILES string of the molecule is COc1cc(C(F)(F)F)ccc1-c1cnc2c(c1)ncn2[C@@H](C)C(=O)NC(C)(C)C. The lowest BCUT2D eigenvalue weighted by Gasteiger charge is -2.23. The van der Waals surface area contributed by atoms with Crippen LogP contribution in [0.4, 0.5) is 13.2 Å². The lowest BCUT2D eigenvalue weighted by atomic mass is 10.0. The van der Waals surface area contributed by atoms with E-state index in [1.165, 1.54) is 25.7 Å². The number of amides is 1. The number of nitrogens with one attached hydrogen (secondary N) is 1. The number of ether oxygens (including phenoxy) is 1. The number of halogens is 3. The van der Waals surface area contributed by atoms with Crippen LogP contribution in [0.25, 0.3) is 22.3 Å². The van der Waals surface area contributed by atoms with Crippen molar-refractivity contribution in [3.63, 3.8) is 0 Å². The molecule has 0 saturated carbocycles. The van der Waals surface area contributed by atoms with Gasteiger partial charge in [-0.25, -0.2) is 9.97 Å². The van der Waals surface area contributed by atoms with Gasteiger partial charge in [0.25, 0.3) is 0 Å². The number of pyridine rings is 1. The second-order valence-corrected chi connectivity index (χ2v) is 8.05. The molecule has 0 aliphatic heterocycles. The van der Waals surface area contributed by atoms with Crippen LogP contribution in [-0.4, -0.2) is 33.1 Å². The first-order chi connectivity index (χ1) is 13.9. The van der Waals surface area contributed by atoms with Crippen molar-refractivity contribution in [2.45, 2.75) is 45.5 Å². The van der Waals surface area contributed by atoms with Gasteiger partial charge in [0.05, 0.1) is 19.0 Å². The average molecular weight is 420 g/mol. The quantitative estimate of drug-likeness (QED) is 0.670. The number of methoxy groups -OCH3 is 1. The molecule has 0 bridgehead atoms. The van der Waals surface area contributed by atoms with Crippen molar-refractivity contribution in [3.8, 4) is 16.9 Å². The molecule has 0 spiro atoms. The molecule has 0 aliphatic rings. The van der Waals surface area contributed by atoms with Crippen molar-refractivity contribution < 1.29 is 22.7 Å². The first-order valence-corrected chi connectivity index (χ1v) is 9.31. The lowest BCUT2D eigenvalue weighted by Crippen LogP contribution is -2.43. The van der Waals surface area contributed by atoms with Gasteiger partial charge in [-0.1, -0.05) is 0 Å². The van der Waals surface area contributed by atoms with Crippen molar-refractivity contribution in [3.05, 3.63) is 42.4 Å². The Kier molecular flexibility index (Phi) is 5.49. The highest BCUT2D eigenvalue weighted by Crippen LogP contribution is 2.37. The number of alkyl halides is 3. The number of fused-ring (bicyclic) bond motifs is 1. The summed E-state index contributed by atoms with van der Waals surface area (Å²) in [6.45, 7) is 7.43. The third-order valence-corrected chi connectivity index (χ3v) is 4.55. The molecule has 2 heterocycles. The Morgan fingerprint density at radius 1 is 1.17 bits per heavy atom. The number of carbonyl (C=O) groups excluding carboxylic acids is 1. The maximum absolute atomic E-state index is 13.0. The molecular formula is C21H23F3N4O2. The van der Waals surface area contributed by atoms with Crippen LogP contribution in [0.5, 0.6) is 5.75 Å². The summed E-state index contributed by atoms with van der Waals surface area (Å²) >= 11 is 0. The number of aromatic nitrogens is 3. The van der Waals surface area contributed by atoms with E-state index in [9.17, 15) is 18.0 Å². The van der Waals surface area contributed by atoms with Crippen LogP contribution in [0.2, 0.25) is 0 Å². The second-order valence-electron chi connectivity index (χ2n) is 8.05. The first kappa shape index (κ1) is 21.6. The van der Waals surface area contributed by atoms with Crippen LogP contribution in [0.1, 0.15) is 39.3 Å². The second kappa shape index (κ2) is 7.62. The fourth-order valence-electron chi connectivity index (χ4n) is 3.06. The predicted molar refractivity (Wildman–Crippen MR) is 107 cm³/mol. The zero-order valence-corrected chi connectivity index (χ0v) is 17.3. The molecule has 1 atom stereocenters. The normalized spacial score (nSPS) is 13.3. The smallest absolute Gasteiger partial charge is 0.416 e. The Morgan fingerprint density at radius 2 is 1.87 bits per heavy atom. The highest BCUT2D eigenvalue weighted by molar-refractivity contribution is 5.84. The molecule has 0 unspecified atom stereocenters. The minimum absolute atomic E-state index is 0.0864. The summed E-state index contributed by atoms with van der Waals surface area (Å²) in [7, 11) is 1.31. The van der Waals surface area contributed by atoms with E-state index in [4.69, 9.17) is 4.74 Å². The van der Waals surface area contributed by atoms with Crippen LogP contribution in [-0.2, 0) is 11.0 Å². The van der Waals surface area contributed by atoms with Crippen molar-refractivity contribution in [2.24, 2.45) is 0 Å². The van der Waals surface area contributed by atoms with Crippen LogP contribution in [0.3, 0.4) is 0 Å². The molecule has 0 aliphatic carbocycles. The van der Waals surface area contributed by atoms with Crippen molar-refractivity contribution in [2.75, 3.05) is 7.11 Å². The van der Waals surface area contributed by atoms with Gasteiger partial charge in [-0.2, -0.15) is 13.2 Å². The molecule has 1 amide bonds. The lowest BCUT2D eigenvalue weighted by molar-refractivity contribution is -0.137. The van der Waals surface area contributed by atoms with Gasteiger partial charge >= 0.3 is 6.18 Å². The van der Waals surface area contributed by atoms with Gasteiger partial charge in [-0.15, -0.1) is 0 Å². The molecule has 0 saturated heterocycles. The van der Waals surface area contributed by atoms with Gasteiger partial charge < -0.3 is 14.6 Å². The number of imidazole rings is 1. The molecule has 1 N–H and O–H groups in total. The van der Waals surface area contributed by atoms with Gasteiger partial charge in [0, 0.05) is 22.9 Å². The Morgan fingerprint density at radius 3 is 2.47 bits per heavy atom. The number of rotatable bonds is 4. The molecule has 0 fully saturated rings. The Bertz CT molecular complexity index is 1080. The standard InChI is InChI=1S/C21H23F3N4O2/c1-12(19(29)27-20(2,3)4)28-11-26-16-8-13(10-25-18(16)28)15-7-6-14(21(22,23)24)9-17(15)30-5/h6-12H,1-5H3,(H,27,29)/t12-/m0/s1. The minimum atomic E-state index is -4.46. The molecule has 30 heavy (non-hydrogen) atoms. The third-order valence-electron chi connectivity index (χ3n) is 4.55. The molecular weight excluding hydrogens is 397 g/mol. The highest BCUT2D eigenvalue weighted by atomic mass is 19.4. The van der Waals surface area contributed by atoms with Gasteiger partial charge in [-0.05, 0) is 52.0 Å². The van der Waals surface area contributed by atoms with E-state index in [1.807, 2.05) is 20.8 Å². The molecule has 6 nitrogen and oxygen atoms in total. The van der Waals surface area contributed by atoms with E-state index < -0.39 is 17.8 Å². The fourth-order valence-corrected chi connectivity index (χ4v) is 3.06. The highest BCUT2D eigenvalue weighted by Gasteiger charge is 2.31. The predicted octanol–water partition coefficient (Wildman–Crippen LogP) is 4.60. The zero-order valence-electron chi connectivity index (χ0n) is 17.3.